The summed E-state index contributed by atoms with van der Waals surface area (Å²) in [4.78, 5) is 24.4. The molecule has 0 saturated heterocycles. The highest BCUT2D eigenvalue weighted by molar-refractivity contribution is 6.36. The van der Waals surface area contributed by atoms with E-state index in [1.807, 2.05) is 13.8 Å². The molecule has 0 heterocycles. The minimum Gasteiger partial charge on any atom is -0.375 e. The Kier molecular flexibility index (Phi) is 4.40. The Bertz CT molecular complexity index is 173. The van der Waals surface area contributed by atoms with E-state index in [-0.39, 0.29) is 11.8 Å². The van der Waals surface area contributed by atoms with Crippen molar-refractivity contribution in [3.8, 4) is 0 Å². The van der Waals surface area contributed by atoms with Gasteiger partial charge in [-0.1, -0.05) is 13.8 Å². The second-order valence-electron chi connectivity index (χ2n) is 3.19. The summed E-state index contributed by atoms with van der Waals surface area (Å²) in [7, 11) is 3.67. The van der Waals surface area contributed by atoms with Crippen LogP contribution in [0.5, 0.6) is 0 Å². The van der Waals surface area contributed by atoms with Crippen LogP contribution >= 0.6 is 0 Å². The molecule has 0 rings (SSSR count). The van der Waals surface area contributed by atoms with Gasteiger partial charge in [-0.25, -0.2) is 0 Å². The van der Waals surface area contributed by atoms with Crippen LogP contribution in [-0.4, -0.2) is 43.6 Å². The first kappa shape index (κ1) is 11.0. The first-order chi connectivity index (χ1) is 5.49. The van der Waals surface area contributed by atoms with Gasteiger partial charge in [0.2, 0.25) is 5.91 Å². The largest absolute Gasteiger partial charge is 0.375 e. The highest BCUT2D eigenvalue weighted by atomic mass is 16.2. The zero-order chi connectivity index (χ0) is 9.72. The Hall–Kier alpha value is -0.995. The Morgan fingerprint density at radius 1 is 1.42 bits per heavy atom. The fourth-order valence-electron chi connectivity index (χ4n) is 0.878. The fourth-order valence-corrected chi connectivity index (χ4v) is 0.878. The van der Waals surface area contributed by atoms with E-state index in [2.05, 4.69) is 0 Å². The van der Waals surface area contributed by atoms with E-state index in [1.165, 1.54) is 9.62 Å². The predicted molar refractivity (Wildman–Crippen MR) is 48.6 cm³/mol. The highest BCUT2D eigenvalue weighted by Crippen LogP contribution is 1.97. The first-order valence-corrected chi connectivity index (χ1v) is 3.89. The van der Waals surface area contributed by atoms with Crippen LogP contribution in [0, 0.1) is 5.92 Å². The molecule has 0 aromatic heterocycles. The molecule has 2 amide bonds. The van der Waals surface area contributed by atoms with Gasteiger partial charge in [0.1, 0.15) is 0 Å². The minimum atomic E-state index is -0.0185. The second kappa shape index (κ2) is 4.80. The summed E-state index contributed by atoms with van der Waals surface area (Å²) in [5.41, 5.74) is 0. The lowest BCUT2D eigenvalue weighted by Gasteiger charge is -2.21. The van der Waals surface area contributed by atoms with Gasteiger partial charge >= 0.3 is 7.55 Å². The van der Waals surface area contributed by atoms with E-state index in [4.69, 9.17) is 0 Å². The SMILES string of the molecule is CC(C)C(=O)N(C)BN(C)C=O. The fraction of sp³-hybridized carbons (Fsp3) is 0.714. The third kappa shape index (κ3) is 3.41. The third-order valence-electron chi connectivity index (χ3n) is 1.49. The summed E-state index contributed by atoms with van der Waals surface area (Å²) >= 11 is 0. The van der Waals surface area contributed by atoms with Crippen LogP contribution < -0.4 is 0 Å². The number of rotatable bonds is 4. The summed E-state index contributed by atoms with van der Waals surface area (Å²) in [6.07, 6.45) is 0.699. The number of nitrogens with zero attached hydrogens (tertiary/aromatic N) is 2. The van der Waals surface area contributed by atoms with Crippen molar-refractivity contribution in [2.24, 2.45) is 5.92 Å². The average Bonchev–Trinajstić information content (AvgIpc) is 2.02. The van der Waals surface area contributed by atoms with E-state index in [0.717, 1.165) is 0 Å². The number of carbonyl (C=O) groups excluding carboxylic acids is 2. The Morgan fingerprint density at radius 2 is 1.92 bits per heavy atom. The number of hydrogen-bond acceptors (Lipinski definition) is 2. The molecule has 0 aliphatic heterocycles. The van der Waals surface area contributed by atoms with Gasteiger partial charge in [0.05, 0.1) is 0 Å². The van der Waals surface area contributed by atoms with Gasteiger partial charge in [0.25, 0.3) is 0 Å². The summed E-state index contributed by atoms with van der Waals surface area (Å²) in [6.45, 7) is 3.67. The van der Waals surface area contributed by atoms with Gasteiger partial charge in [-0.3, -0.25) is 9.59 Å². The maximum atomic E-state index is 11.3. The molecule has 0 aliphatic carbocycles. The number of amides is 2. The maximum absolute atomic E-state index is 11.3. The first-order valence-electron chi connectivity index (χ1n) is 3.89. The molecule has 0 bridgehead atoms. The highest BCUT2D eigenvalue weighted by Gasteiger charge is 2.15. The lowest BCUT2D eigenvalue weighted by molar-refractivity contribution is -0.129. The second-order valence-corrected chi connectivity index (χ2v) is 3.19. The summed E-state index contributed by atoms with van der Waals surface area (Å²) in [5, 5.41) is 0. The molecular weight excluding hydrogens is 155 g/mol. The van der Waals surface area contributed by atoms with Crippen molar-refractivity contribution in [2.45, 2.75) is 13.8 Å². The van der Waals surface area contributed by atoms with Crippen molar-refractivity contribution in [3.05, 3.63) is 0 Å². The molecule has 0 radical (unpaired) electrons. The molecule has 5 heteroatoms. The Morgan fingerprint density at radius 3 is 2.25 bits per heavy atom. The van der Waals surface area contributed by atoms with Crippen LogP contribution in [0.15, 0.2) is 0 Å². The molecule has 0 aliphatic rings. The van der Waals surface area contributed by atoms with E-state index in [9.17, 15) is 9.59 Å². The standard InChI is InChI=1S/C7H15BN2O2/c1-6(2)7(12)10(4)8-9(3)5-11/h5-6,8H,1-4H3. The van der Waals surface area contributed by atoms with Crippen molar-refractivity contribution in [1.29, 1.82) is 0 Å². The average molecular weight is 170 g/mol. The number of carbonyl (C=O) groups is 2. The maximum Gasteiger partial charge on any atom is 0.360 e. The van der Waals surface area contributed by atoms with Crippen LogP contribution in [0.1, 0.15) is 13.8 Å². The van der Waals surface area contributed by atoms with Gasteiger partial charge in [-0.15, -0.1) is 0 Å². The zero-order valence-electron chi connectivity index (χ0n) is 8.07. The van der Waals surface area contributed by atoms with Gasteiger partial charge in [-0.05, 0) is 14.1 Å². The van der Waals surface area contributed by atoms with E-state index < -0.39 is 0 Å². The van der Waals surface area contributed by atoms with Crippen LogP contribution in [-0.2, 0) is 9.59 Å². The lowest BCUT2D eigenvalue weighted by atomic mass is 10.0. The summed E-state index contributed by atoms with van der Waals surface area (Å²) in [6, 6.07) is 0. The van der Waals surface area contributed by atoms with Crippen molar-refractivity contribution in [1.82, 2.24) is 9.62 Å². The van der Waals surface area contributed by atoms with Gasteiger partial charge in [0, 0.05) is 5.92 Å². The smallest absolute Gasteiger partial charge is 0.360 e. The van der Waals surface area contributed by atoms with Gasteiger partial charge in [0.15, 0.2) is 6.41 Å². The van der Waals surface area contributed by atoms with E-state index in [0.29, 0.717) is 14.0 Å². The van der Waals surface area contributed by atoms with Crippen molar-refractivity contribution in [2.75, 3.05) is 14.1 Å². The molecule has 0 aromatic carbocycles. The molecule has 68 valence electrons. The molecule has 12 heavy (non-hydrogen) atoms. The van der Waals surface area contributed by atoms with E-state index in [1.54, 1.807) is 14.1 Å². The Labute approximate surface area is 73.8 Å². The third-order valence-corrected chi connectivity index (χ3v) is 1.49. The molecule has 4 nitrogen and oxygen atoms in total. The normalized spacial score (nSPS) is 9.42. The Balaban J connectivity index is 3.94. The van der Waals surface area contributed by atoms with Crippen LogP contribution in [0.4, 0.5) is 0 Å². The van der Waals surface area contributed by atoms with Crippen LogP contribution in [0.3, 0.4) is 0 Å². The molecule has 0 spiro atoms. The molecule has 0 aromatic rings. The lowest BCUT2D eigenvalue weighted by Crippen LogP contribution is -2.41. The summed E-state index contributed by atoms with van der Waals surface area (Å²) < 4.78 is 0. The molecule has 0 unspecified atom stereocenters. The molecule has 0 saturated carbocycles. The molecule has 0 fully saturated rings. The summed E-state index contributed by atoms with van der Waals surface area (Å²) in [5.74, 6) is 0.0266. The molecule has 0 atom stereocenters. The zero-order valence-corrected chi connectivity index (χ0v) is 8.07. The van der Waals surface area contributed by atoms with Gasteiger partial charge < -0.3 is 9.62 Å². The molecule has 0 N–H and O–H groups in total. The van der Waals surface area contributed by atoms with Gasteiger partial charge in [-0.2, -0.15) is 0 Å². The van der Waals surface area contributed by atoms with Crippen molar-refractivity contribution < 1.29 is 9.59 Å². The van der Waals surface area contributed by atoms with Crippen molar-refractivity contribution in [3.63, 3.8) is 0 Å². The monoisotopic (exact) mass is 170 g/mol. The predicted octanol–water partition coefficient (Wildman–Crippen LogP) is -0.545. The van der Waals surface area contributed by atoms with Crippen molar-refractivity contribution >= 4 is 19.9 Å². The topological polar surface area (TPSA) is 40.6 Å². The minimum absolute atomic E-state index is 0.0185. The number of hydrogen-bond donors (Lipinski definition) is 0. The van der Waals surface area contributed by atoms with E-state index >= 15 is 0 Å². The molecular formula is C7H15BN2O2. The van der Waals surface area contributed by atoms with Crippen LogP contribution in [0.2, 0.25) is 0 Å². The van der Waals surface area contributed by atoms with Crippen LogP contribution in [0.25, 0.3) is 0 Å². The quantitative estimate of drug-likeness (QED) is 0.419.